The van der Waals surface area contributed by atoms with Gasteiger partial charge in [-0.25, -0.2) is 14.8 Å². The molecule has 42 heavy (non-hydrogen) atoms. The van der Waals surface area contributed by atoms with E-state index in [0.717, 1.165) is 4.90 Å². The second kappa shape index (κ2) is 10.8. The second-order valence-electron chi connectivity index (χ2n) is 9.63. The van der Waals surface area contributed by atoms with E-state index in [9.17, 15) is 24.5 Å². The van der Waals surface area contributed by atoms with Crippen molar-refractivity contribution in [1.29, 1.82) is 0 Å². The highest BCUT2D eigenvalue weighted by atomic mass is 16.7. The van der Waals surface area contributed by atoms with Crippen LogP contribution in [0.1, 0.15) is 22.0 Å². The molecule has 2 aliphatic heterocycles. The Kier molecular flexibility index (Phi) is 6.85. The van der Waals surface area contributed by atoms with Crippen LogP contribution >= 0.6 is 0 Å². The number of imide groups is 1. The number of fused-ring (bicyclic) bond motifs is 1. The fourth-order valence-electron chi connectivity index (χ4n) is 5.18. The van der Waals surface area contributed by atoms with Crippen LogP contribution in [0.2, 0.25) is 0 Å². The fraction of sp³-hybridized carbons (Fsp3) is 0.129. The highest BCUT2D eigenvalue weighted by Gasteiger charge is 2.60. The van der Waals surface area contributed by atoms with Crippen molar-refractivity contribution in [2.45, 2.75) is 12.1 Å². The maximum Gasteiger partial charge on any atom is 0.343 e. The number of carbonyl (C=O) groups excluding carboxylic acids is 3. The van der Waals surface area contributed by atoms with Crippen molar-refractivity contribution < 1.29 is 33.6 Å². The van der Waals surface area contributed by atoms with Gasteiger partial charge in [0.05, 0.1) is 35.0 Å². The number of methoxy groups -OCH3 is 1. The van der Waals surface area contributed by atoms with E-state index in [4.69, 9.17) is 14.3 Å². The van der Waals surface area contributed by atoms with E-state index >= 15 is 0 Å². The van der Waals surface area contributed by atoms with Crippen LogP contribution in [-0.4, -0.2) is 35.9 Å². The molecular weight excluding hydrogens is 542 g/mol. The summed E-state index contributed by atoms with van der Waals surface area (Å²) in [5.74, 6) is -1.68. The summed E-state index contributed by atoms with van der Waals surface area (Å²) in [6, 6.07) is 26.5. The molecule has 0 saturated carbocycles. The van der Waals surface area contributed by atoms with Crippen molar-refractivity contribution in [2.24, 2.45) is 5.92 Å². The largest absolute Gasteiger partial charge is 0.497 e. The number of nitro groups is 1. The topological polar surface area (TPSA) is 129 Å². The third kappa shape index (κ3) is 4.71. The summed E-state index contributed by atoms with van der Waals surface area (Å²) in [7, 11) is 1.51. The van der Waals surface area contributed by atoms with Crippen molar-refractivity contribution in [3.8, 4) is 11.5 Å². The Morgan fingerprint density at radius 3 is 2.19 bits per heavy atom. The third-order valence-electron chi connectivity index (χ3n) is 7.18. The predicted molar refractivity (Wildman–Crippen MR) is 150 cm³/mol. The van der Waals surface area contributed by atoms with Gasteiger partial charge < -0.3 is 9.47 Å². The number of hydrogen-bond donors (Lipinski definition) is 0. The van der Waals surface area contributed by atoms with Gasteiger partial charge in [0.2, 0.25) is 5.91 Å². The van der Waals surface area contributed by atoms with E-state index in [1.807, 2.05) is 0 Å². The maximum absolute atomic E-state index is 13.8. The molecule has 6 rings (SSSR count). The monoisotopic (exact) mass is 565 g/mol. The Morgan fingerprint density at radius 1 is 0.833 bits per heavy atom. The molecule has 2 heterocycles. The van der Waals surface area contributed by atoms with Crippen molar-refractivity contribution in [3.63, 3.8) is 0 Å². The molecule has 0 bridgehead atoms. The number of benzene rings is 4. The summed E-state index contributed by atoms with van der Waals surface area (Å²) in [5, 5.41) is 12.8. The average molecular weight is 566 g/mol. The molecule has 0 radical (unpaired) electrons. The van der Waals surface area contributed by atoms with Gasteiger partial charge in [0, 0.05) is 12.1 Å². The van der Waals surface area contributed by atoms with Gasteiger partial charge in [-0.3, -0.25) is 24.5 Å². The van der Waals surface area contributed by atoms with Crippen molar-refractivity contribution in [1.82, 2.24) is 0 Å². The Morgan fingerprint density at radius 2 is 1.52 bits per heavy atom. The van der Waals surface area contributed by atoms with Gasteiger partial charge in [-0.15, -0.1) is 0 Å². The summed E-state index contributed by atoms with van der Waals surface area (Å²) < 4.78 is 10.7. The van der Waals surface area contributed by atoms with Crippen LogP contribution < -0.4 is 19.4 Å². The minimum absolute atomic E-state index is 0.174. The molecule has 3 atom stereocenters. The summed E-state index contributed by atoms with van der Waals surface area (Å²) >= 11 is 0. The number of non-ortho nitro benzene ring substituents is 1. The zero-order chi connectivity index (χ0) is 29.4. The van der Waals surface area contributed by atoms with Crippen LogP contribution in [0.5, 0.6) is 11.5 Å². The standard InChI is InChI=1S/C31H23N3O8/c1-40-24-16-12-21(13-17-24)32-29(35)26-27(19-10-14-25(15-11-19)41-31(37)20-6-3-2-4-7-20)33(42-28(26)30(32)36)22-8-5-9-23(18-22)34(38)39/h2-18,26-28H,1H3/t26-,27+,28-/m1/s1. The van der Waals surface area contributed by atoms with Gasteiger partial charge in [-0.05, 0) is 60.2 Å². The normalized spacial score (nSPS) is 19.5. The zero-order valence-electron chi connectivity index (χ0n) is 22.2. The Hall–Kier alpha value is -5.55. The predicted octanol–water partition coefficient (Wildman–Crippen LogP) is 4.87. The molecule has 2 aliphatic rings. The first kappa shape index (κ1) is 26.7. The molecular formula is C31H23N3O8. The minimum atomic E-state index is -1.17. The molecule has 2 saturated heterocycles. The number of amides is 2. The SMILES string of the molecule is COc1ccc(N2C(=O)[C@H]3[C@@H](ON(c4cccc([N+](=O)[O-])c4)[C@H]3c3ccc(OC(=O)c4ccccc4)cc3)C2=O)cc1. The highest BCUT2D eigenvalue weighted by Crippen LogP contribution is 2.48. The number of esters is 1. The van der Waals surface area contributed by atoms with Crippen molar-refractivity contribution >= 4 is 34.8 Å². The van der Waals surface area contributed by atoms with Crippen LogP contribution in [-0.2, 0) is 14.4 Å². The molecule has 0 aromatic heterocycles. The molecule has 11 nitrogen and oxygen atoms in total. The molecule has 0 unspecified atom stereocenters. The van der Waals surface area contributed by atoms with Gasteiger partial charge in [0.15, 0.2) is 6.10 Å². The summed E-state index contributed by atoms with van der Waals surface area (Å²) in [6.07, 6.45) is -1.17. The first-order valence-electron chi connectivity index (χ1n) is 13.0. The van der Waals surface area contributed by atoms with E-state index in [0.29, 0.717) is 28.3 Å². The number of anilines is 2. The van der Waals surface area contributed by atoms with Gasteiger partial charge in [0.25, 0.3) is 11.6 Å². The lowest BCUT2D eigenvalue weighted by Gasteiger charge is -2.28. The molecule has 4 aromatic rings. The number of rotatable bonds is 7. The smallest absolute Gasteiger partial charge is 0.343 e. The van der Waals surface area contributed by atoms with Crippen LogP contribution in [0.15, 0.2) is 103 Å². The molecule has 2 amide bonds. The Balaban J connectivity index is 1.35. The zero-order valence-corrected chi connectivity index (χ0v) is 22.2. The molecule has 0 aliphatic carbocycles. The van der Waals surface area contributed by atoms with Crippen LogP contribution in [0.25, 0.3) is 0 Å². The van der Waals surface area contributed by atoms with Gasteiger partial charge in [-0.2, -0.15) is 0 Å². The lowest BCUT2D eigenvalue weighted by Crippen LogP contribution is -2.37. The van der Waals surface area contributed by atoms with E-state index in [1.54, 1.807) is 84.9 Å². The number of ether oxygens (including phenoxy) is 2. The van der Waals surface area contributed by atoms with Gasteiger partial charge >= 0.3 is 5.97 Å². The van der Waals surface area contributed by atoms with E-state index in [-0.39, 0.29) is 11.4 Å². The fourth-order valence-corrected chi connectivity index (χ4v) is 5.18. The van der Waals surface area contributed by atoms with E-state index in [1.165, 1.54) is 30.4 Å². The van der Waals surface area contributed by atoms with Crippen molar-refractivity contribution in [2.75, 3.05) is 17.1 Å². The summed E-state index contributed by atoms with van der Waals surface area (Å²) in [5.41, 5.74) is 1.46. The van der Waals surface area contributed by atoms with Gasteiger partial charge in [-0.1, -0.05) is 36.4 Å². The molecule has 2 fully saturated rings. The number of carbonyl (C=O) groups is 3. The van der Waals surface area contributed by atoms with Crippen LogP contribution in [0.4, 0.5) is 17.1 Å². The Labute approximate surface area is 239 Å². The maximum atomic E-state index is 13.8. The number of hydrogen-bond acceptors (Lipinski definition) is 9. The quantitative estimate of drug-likeness (QED) is 0.101. The number of hydroxylamine groups is 1. The highest BCUT2D eigenvalue weighted by molar-refractivity contribution is 6.24. The lowest BCUT2D eigenvalue weighted by atomic mass is 9.90. The number of nitrogens with zero attached hydrogens (tertiary/aromatic N) is 3. The van der Waals surface area contributed by atoms with Crippen LogP contribution in [0, 0.1) is 16.0 Å². The lowest BCUT2D eigenvalue weighted by molar-refractivity contribution is -0.384. The first-order valence-corrected chi connectivity index (χ1v) is 13.0. The summed E-state index contributed by atoms with van der Waals surface area (Å²) in [6.45, 7) is 0. The van der Waals surface area contributed by atoms with E-state index < -0.39 is 40.8 Å². The van der Waals surface area contributed by atoms with Gasteiger partial charge in [0.1, 0.15) is 17.4 Å². The molecule has 0 spiro atoms. The molecule has 210 valence electrons. The van der Waals surface area contributed by atoms with Crippen molar-refractivity contribution in [3.05, 3.63) is 124 Å². The second-order valence-corrected chi connectivity index (χ2v) is 9.63. The Bertz CT molecular complexity index is 1670. The first-order chi connectivity index (χ1) is 20.4. The number of nitro benzene ring substituents is 1. The third-order valence-corrected chi connectivity index (χ3v) is 7.18. The summed E-state index contributed by atoms with van der Waals surface area (Å²) in [4.78, 5) is 58.0. The molecule has 0 N–H and O–H groups in total. The van der Waals surface area contributed by atoms with E-state index in [2.05, 4.69) is 0 Å². The average Bonchev–Trinajstić information content (AvgIpc) is 3.53. The van der Waals surface area contributed by atoms with Crippen LogP contribution in [0.3, 0.4) is 0 Å². The molecule has 11 heteroatoms. The molecule has 4 aromatic carbocycles. The minimum Gasteiger partial charge on any atom is -0.497 e.